The fourth-order valence-electron chi connectivity index (χ4n) is 1.42. The molecule has 2 heteroatoms. The molecule has 1 heterocycles. The molecule has 0 bridgehead atoms. The van der Waals surface area contributed by atoms with E-state index in [-0.39, 0.29) is 5.78 Å². The van der Waals surface area contributed by atoms with Gasteiger partial charge in [-0.05, 0) is 37.8 Å². The Labute approximate surface area is 78.0 Å². The third-order valence-corrected chi connectivity index (χ3v) is 2.39. The molecule has 1 aliphatic rings. The maximum absolute atomic E-state index is 11.6. The van der Waals surface area contributed by atoms with Gasteiger partial charge in [-0.3, -0.25) is 9.78 Å². The normalized spacial score (nSPS) is 15.8. The van der Waals surface area contributed by atoms with Crippen LogP contribution in [0.1, 0.15) is 35.3 Å². The van der Waals surface area contributed by atoms with Crippen molar-refractivity contribution in [2.45, 2.75) is 26.2 Å². The van der Waals surface area contributed by atoms with Crippen LogP contribution in [0.3, 0.4) is 0 Å². The SMILES string of the molecule is Cc1cc(C(=O)CC2CC2)ccn1. The average molecular weight is 175 g/mol. The summed E-state index contributed by atoms with van der Waals surface area (Å²) in [5.74, 6) is 0.939. The summed E-state index contributed by atoms with van der Waals surface area (Å²) in [6.45, 7) is 1.91. The van der Waals surface area contributed by atoms with Crippen molar-refractivity contribution in [2.75, 3.05) is 0 Å². The minimum atomic E-state index is 0.271. The van der Waals surface area contributed by atoms with E-state index >= 15 is 0 Å². The molecule has 1 aliphatic carbocycles. The van der Waals surface area contributed by atoms with E-state index < -0.39 is 0 Å². The summed E-state index contributed by atoms with van der Waals surface area (Å²) in [5, 5.41) is 0. The zero-order valence-corrected chi connectivity index (χ0v) is 7.79. The van der Waals surface area contributed by atoms with Gasteiger partial charge >= 0.3 is 0 Å². The quantitative estimate of drug-likeness (QED) is 0.660. The Morgan fingerprint density at radius 3 is 3.00 bits per heavy atom. The van der Waals surface area contributed by atoms with Gasteiger partial charge in [-0.25, -0.2) is 0 Å². The van der Waals surface area contributed by atoms with E-state index in [0.29, 0.717) is 5.92 Å². The lowest BCUT2D eigenvalue weighted by molar-refractivity contribution is 0.0976. The predicted octanol–water partition coefficient (Wildman–Crippen LogP) is 2.37. The summed E-state index contributed by atoms with van der Waals surface area (Å²) in [6.07, 6.45) is 4.89. The summed E-state index contributed by atoms with van der Waals surface area (Å²) in [4.78, 5) is 15.7. The number of rotatable bonds is 3. The molecule has 1 fully saturated rings. The first-order valence-electron chi connectivity index (χ1n) is 4.71. The van der Waals surface area contributed by atoms with Crippen molar-refractivity contribution in [3.8, 4) is 0 Å². The van der Waals surface area contributed by atoms with Crippen molar-refractivity contribution in [3.63, 3.8) is 0 Å². The Balaban J connectivity index is 2.09. The largest absolute Gasteiger partial charge is 0.294 e. The van der Waals surface area contributed by atoms with Crippen molar-refractivity contribution in [1.29, 1.82) is 0 Å². The molecule has 13 heavy (non-hydrogen) atoms. The Morgan fingerprint density at radius 2 is 2.38 bits per heavy atom. The summed E-state index contributed by atoms with van der Waals surface area (Å²) in [7, 11) is 0. The van der Waals surface area contributed by atoms with Gasteiger partial charge in [0.1, 0.15) is 0 Å². The first-order chi connectivity index (χ1) is 6.25. The highest BCUT2D eigenvalue weighted by Crippen LogP contribution is 2.33. The molecule has 1 aromatic rings. The van der Waals surface area contributed by atoms with Crippen molar-refractivity contribution in [1.82, 2.24) is 4.98 Å². The monoisotopic (exact) mass is 175 g/mol. The predicted molar refractivity (Wildman–Crippen MR) is 50.6 cm³/mol. The van der Waals surface area contributed by atoms with Gasteiger partial charge in [0.2, 0.25) is 0 Å². The van der Waals surface area contributed by atoms with Crippen LogP contribution in [0.25, 0.3) is 0 Å². The number of hydrogen-bond donors (Lipinski definition) is 0. The number of nitrogens with zero attached hydrogens (tertiary/aromatic N) is 1. The van der Waals surface area contributed by atoms with Crippen molar-refractivity contribution >= 4 is 5.78 Å². The number of aromatic nitrogens is 1. The Kier molecular flexibility index (Phi) is 2.13. The molecule has 0 N–H and O–H groups in total. The van der Waals surface area contributed by atoms with Gasteiger partial charge in [0, 0.05) is 23.9 Å². The number of hydrogen-bond acceptors (Lipinski definition) is 2. The fraction of sp³-hybridized carbons (Fsp3) is 0.455. The molecule has 0 spiro atoms. The number of pyridine rings is 1. The molecule has 0 unspecified atom stereocenters. The van der Waals surface area contributed by atoms with E-state index in [2.05, 4.69) is 4.98 Å². The molecule has 0 atom stereocenters. The summed E-state index contributed by atoms with van der Waals surface area (Å²) < 4.78 is 0. The van der Waals surface area contributed by atoms with Crippen LogP contribution in [0, 0.1) is 12.8 Å². The maximum atomic E-state index is 11.6. The second kappa shape index (κ2) is 3.29. The Bertz CT molecular complexity index is 329. The van der Waals surface area contributed by atoms with Crippen LogP contribution < -0.4 is 0 Å². The van der Waals surface area contributed by atoms with E-state index in [0.717, 1.165) is 17.7 Å². The topological polar surface area (TPSA) is 30.0 Å². The number of carbonyl (C=O) groups excluding carboxylic acids is 1. The van der Waals surface area contributed by atoms with E-state index in [4.69, 9.17) is 0 Å². The van der Waals surface area contributed by atoms with Crippen molar-refractivity contribution < 1.29 is 4.79 Å². The fourth-order valence-corrected chi connectivity index (χ4v) is 1.42. The van der Waals surface area contributed by atoms with Crippen LogP contribution in [0.4, 0.5) is 0 Å². The van der Waals surface area contributed by atoms with Crippen LogP contribution >= 0.6 is 0 Å². The number of Topliss-reactive ketones (excluding diaryl/α,β-unsaturated/α-hetero) is 1. The van der Waals surface area contributed by atoms with Gasteiger partial charge in [-0.2, -0.15) is 0 Å². The van der Waals surface area contributed by atoms with Crippen molar-refractivity contribution in [2.24, 2.45) is 5.92 Å². The van der Waals surface area contributed by atoms with E-state index in [1.54, 1.807) is 12.3 Å². The molecule has 2 rings (SSSR count). The summed E-state index contributed by atoms with van der Waals surface area (Å²) >= 11 is 0. The standard InChI is InChI=1S/C11H13NO/c1-8-6-10(4-5-12-8)11(13)7-9-2-3-9/h4-6,9H,2-3,7H2,1H3. The second-order valence-corrected chi connectivity index (χ2v) is 3.76. The lowest BCUT2D eigenvalue weighted by Gasteiger charge is -1.99. The number of aryl methyl sites for hydroxylation is 1. The molecule has 0 radical (unpaired) electrons. The molecule has 68 valence electrons. The lowest BCUT2D eigenvalue weighted by Crippen LogP contribution is -2.00. The van der Waals surface area contributed by atoms with E-state index in [1.807, 2.05) is 13.0 Å². The maximum Gasteiger partial charge on any atom is 0.163 e. The third kappa shape index (κ3) is 2.14. The minimum Gasteiger partial charge on any atom is -0.294 e. The molecule has 2 nitrogen and oxygen atoms in total. The highest BCUT2D eigenvalue weighted by Gasteiger charge is 2.24. The van der Waals surface area contributed by atoms with Crippen LogP contribution in [-0.2, 0) is 0 Å². The third-order valence-electron chi connectivity index (χ3n) is 2.39. The van der Waals surface area contributed by atoms with E-state index in [1.165, 1.54) is 12.8 Å². The molecule has 0 amide bonds. The number of ketones is 1. The molecule has 1 aromatic heterocycles. The Morgan fingerprint density at radius 1 is 1.62 bits per heavy atom. The van der Waals surface area contributed by atoms with Gasteiger partial charge in [0.25, 0.3) is 0 Å². The zero-order chi connectivity index (χ0) is 9.26. The molecule has 0 saturated heterocycles. The van der Waals surface area contributed by atoms with Gasteiger partial charge in [0.15, 0.2) is 5.78 Å². The first kappa shape index (κ1) is 8.42. The van der Waals surface area contributed by atoms with Gasteiger partial charge < -0.3 is 0 Å². The zero-order valence-electron chi connectivity index (χ0n) is 7.79. The molecular formula is C11H13NO. The molecule has 0 aliphatic heterocycles. The molecule has 0 aromatic carbocycles. The minimum absolute atomic E-state index is 0.271. The lowest BCUT2D eigenvalue weighted by atomic mass is 10.1. The van der Waals surface area contributed by atoms with Crippen LogP contribution in [0.15, 0.2) is 18.3 Å². The highest BCUT2D eigenvalue weighted by molar-refractivity contribution is 5.96. The van der Waals surface area contributed by atoms with Gasteiger partial charge in [0.05, 0.1) is 0 Å². The van der Waals surface area contributed by atoms with Gasteiger partial charge in [-0.15, -0.1) is 0 Å². The second-order valence-electron chi connectivity index (χ2n) is 3.76. The Hall–Kier alpha value is -1.18. The summed E-state index contributed by atoms with van der Waals surface area (Å²) in [6, 6.07) is 3.67. The van der Waals surface area contributed by atoms with Crippen LogP contribution in [-0.4, -0.2) is 10.8 Å². The molecular weight excluding hydrogens is 162 g/mol. The summed E-state index contributed by atoms with van der Waals surface area (Å²) in [5.41, 5.74) is 1.74. The highest BCUT2D eigenvalue weighted by atomic mass is 16.1. The smallest absolute Gasteiger partial charge is 0.163 e. The van der Waals surface area contributed by atoms with Crippen LogP contribution in [0.5, 0.6) is 0 Å². The van der Waals surface area contributed by atoms with Gasteiger partial charge in [-0.1, -0.05) is 0 Å². The first-order valence-corrected chi connectivity index (χ1v) is 4.71. The number of carbonyl (C=O) groups is 1. The average Bonchev–Trinajstić information content (AvgIpc) is 2.88. The molecule has 1 saturated carbocycles. The van der Waals surface area contributed by atoms with E-state index in [9.17, 15) is 4.79 Å². The van der Waals surface area contributed by atoms with Crippen LogP contribution in [0.2, 0.25) is 0 Å². The van der Waals surface area contributed by atoms with Crippen molar-refractivity contribution in [3.05, 3.63) is 29.6 Å².